The maximum absolute atomic E-state index is 14.1. The summed E-state index contributed by atoms with van der Waals surface area (Å²) in [5, 5.41) is 6.69. The molecule has 0 bridgehead atoms. The monoisotopic (exact) mass is 475 g/mol. The van der Waals surface area contributed by atoms with Crippen molar-refractivity contribution in [2.45, 2.75) is 17.4 Å². The van der Waals surface area contributed by atoms with Gasteiger partial charge in [-0.2, -0.15) is 0 Å². The number of ether oxygens (including phenoxy) is 1. The van der Waals surface area contributed by atoms with Crippen molar-refractivity contribution in [3.05, 3.63) is 60.3 Å². The molecule has 0 aliphatic carbocycles. The standard InChI is InChI=1S/C22H23F2N5O3S/c1-32-22-20(29-33(30,31)21-5-3-15(23)10-17(21)24)9-14(11-27-22)13-2-4-18(25)19(8-13)28-16-6-7-26-12-16/h2-5,8-11,16,26,28-29H,6-7,12,25H2,1H3. The summed E-state index contributed by atoms with van der Waals surface area (Å²) in [5.41, 5.74) is 8.79. The van der Waals surface area contributed by atoms with Crippen LogP contribution in [-0.2, 0) is 10.0 Å². The van der Waals surface area contributed by atoms with Crippen LogP contribution in [0.3, 0.4) is 0 Å². The summed E-state index contributed by atoms with van der Waals surface area (Å²) in [5.74, 6) is -2.09. The number of nitrogen functional groups attached to an aromatic ring is 1. The lowest BCUT2D eigenvalue weighted by Crippen LogP contribution is -2.22. The lowest BCUT2D eigenvalue weighted by molar-refractivity contribution is 0.400. The van der Waals surface area contributed by atoms with E-state index in [1.54, 1.807) is 12.1 Å². The molecule has 1 aliphatic rings. The number of nitrogens with one attached hydrogen (secondary N) is 3. The van der Waals surface area contributed by atoms with Crippen molar-refractivity contribution < 1.29 is 21.9 Å². The Balaban J connectivity index is 1.67. The number of anilines is 3. The third-order valence-electron chi connectivity index (χ3n) is 5.28. The van der Waals surface area contributed by atoms with Crippen LogP contribution in [0.25, 0.3) is 11.1 Å². The summed E-state index contributed by atoms with van der Waals surface area (Å²) in [6.45, 7) is 1.76. The molecule has 1 atom stereocenters. The average molecular weight is 476 g/mol. The molecule has 8 nitrogen and oxygen atoms in total. The SMILES string of the molecule is COc1ncc(-c2ccc(N)c(NC3CCNC3)c2)cc1NS(=O)(=O)c1ccc(F)cc1F. The quantitative estimate of drug-likeness (QED) is 0.388. The number of rotatable bonds is 7. The average Bonchev–Trinajstić information content (AvgIpc) is 3.28. The molecule has 4 rings (SSSR count). The second kappa shape index (κ2) is 9.20. The molecule has 11 heteroatoms. The normalized spacial score (nSPS) is 15.9. The first kappa shape index (κ1) is 22.7. The smallest absolute Gasteiger partial charge is 0.264 e. The fourth-order valence-electron chi connectivity index (χ4n) is 3.60. The van der Waals surface area contributed by atoms with Gasteiger partial charge < -0.3 is 21.1 Å². The Morgan fingerprint density at radius 3 is 2.61 bits per heavy atom. The van der Waals surface area contributed by atoms with E-state index < -0.39 is 26.6 Å². The molecule has 5 N–H and O–H groups in total. The molecule has 1 unspecified atom stereocenters. The zero-order valence-electron chi connectivity index (χ0n) is 17.7. The number of nitrogens with two attached hydrogens (primary N) is 1. The highest BCUT2D eigenvalue weighted by Gasteiger charge is 2.22. The minimum atomic E-state index is -4.37. The largest absolute Gasteiger partial charge is 0.480 e. The maximum atomic E-state index is 14.1. The van der Waals surface area contributed by atoms with Crippen LogP contribution < -0.4 is 25.8 Å². The second-order valence-electron chi connectivity index (χ2n) is 7.60. The third-order valence-corrected chi connectivity index (χ3v) is 6.68. The Morgan fingerprint density at radius 2 is 1.91 bits per heavy atom. The topological polar surface area (TPSA) is 118 Å². The van der Waals surface area contributed by atoms with Gasteiger partial charge >= 0.3 is 0 Å². The Bertz CT molecular complexity index is 1280. The van der Waals surface area contributed by atoms with Crippen molar-refractivity contribution in [1.82, 2.24) is 10.3 Å². The number of sulfonamides is 1. The van der Waals surface area contributed by atoms with E-state index in [9.17, 15) is 17.2 Å². The van der Waals surface area contributed by atoms with Gasteiger partial charge in [0.1, 0.15) is 22.2 Å². The van der Waals surface area contributed by atoms with Gasteiger partial charge in [-0.15, -0.1) is 0 Å². The number of hydrogen-bond acceptors (Lipinski definition) is 7. The van der Waals surface area contributed by atoms with Crippen LogP contribution in [0.4, 0.5) is 25.8 Å². The van der Waals surface area contributed by atoms with E-state index in [-0.39, 0.29) is 17.6 Å². The van der Waals surface area contributed by atoms with E-state index in [2.05, 4.69) is 20.3 Å². The van der Waals surface area contributed by atoms with Crippen LogP contribution >= 0.6 is 0 Å². The highest BCUT2D eigenvalue weighted by atomic mass is 32.2. The summed E-state index contributed by atoms with van der Waals surface area (Å²) in [7, 11) is -3.04. The van der Waals surface area contributed by atoms with E-state index in [0.29, 0.717) is 17.3 Å². The molecule has 0 spiro atoms. The molecule has 0 saturated carbocycles. The van der Waals surface area contributed by atoms with Crippen LogP contribution in [0, 0.1) is 11.6 Å². The highest BCUT2D eigenvalue weighted by Crippen LogP contribution is 2.33. The van der Waals surface area contributed by atoms with Crippen molar-refractivity contribution >= 4 is 27.1 Å². The van der Waals surface area contributed by atoms with Gasteiger partial charge in [0.25, 0.3) is 10.0 Å². The van der Waals surface area contributed by atoms with Crippen LogP contribution in [-0.4, -0.2) is 39.6 Å². The number of halogens is 2. The molecule has 33 heavy (non-hydrogen) atoms. The lowest BCUT2D eigenvalue weighted by atomic mass is 10.1. The molecule has 2 aromatic carbocycles. The Morgan fingerprint density at radius 1 is 1.12 bits per heavy atom. The van der Waals surface area contributed by atoms with Gasteiger partial charge in [0.05, 0.1) is 18.5 Å². The van der Waals surface area contributed by atoms with Gasteiger partial charge in [-0.05, 0) is 48.9 Å². The maximum Gasteiger partial charge on any atom is 0.264 e. The zero-order chi connectivity index (χ0) is 23.6. The van der Waals surface area contributed by atoms with Crippen molar-refractivity contribution in [2.24, 2.45) is 0 Å². The number of benzene rings is 2. The molecule has 1 aromatic heterocycles. The molecule has 174 valence electrons. The highest BCUT2D eigenvalue weighted by molar-refractivity contribution is 7.92. The lowest BCUT2D eigenvalue weighted by Gasteiger charge is -2.17. The van der Waals surface area contributed by atoms with Gasteiger partial charge in [-0.1, -0.05) is 6.07 Å². The van der Waals surface area contributed by atoms with E-state index >= 15 is 0 Å². The fourth-order valence-corrected chi connectivity index (χ4v) is 4.71. The van der Waals surface area contributed by atoms with Crippen molar-refractivity contribution in [1.29, 1.82) is 0 Å². The van der Waals surface area contributed by atoms with Crippen molar-refractivity contribution in [2.75, 3.05) is 36.0 Å². The number of nitrogens with zero attached hydrogens (tertiary/aromatic N) is 1. The number of aromatic nitrogens is 1. The van der Waals surface area contributed by atoms with Crippen molar-refractivity contribution in [3.63, 3.8) is 0 Å². The fraction of sp³-hybridized carbons (Fsp3) is 0.227. The first-order valence-corrected chi connectivity index (χ1v) is 11.6. The van der Waals surface area contributed by atoms with E-state index in [0.717, 1.165) is 42.9 Å². The zero-order valence-corrected chi connectivity index (χ0v) is 18.5. The van der Waals surface area contributed by atoms with E-state index in [1.165, 1.54) is 19.4 Å². The van der Waals surface area contributed by atoms with Gasteiger partial charge in [0, 0.05) is 30.4 Å². The number of methoxy groups -OCH3 is 1. The molecule has 0 amide bonds. The van der Waals surface area contributed by atoms with Gasteiger partial charge in [0.2, 0.25) is 5.88 Å². The summed E-state index contributed by atoms with van der Waals surface area (Å²) < 4.78 is 60.3. The molecule has 1 saturated heterocycles. The number of pyridine rings is 1. The van der Waals surface area contributed by atoms with Crippen LogP contribution in [0.5, 0.6) is 5.88 Å². The molecule has 0 radical (unpaired) electrons. The first-order chi connectivity index (χ1) is 15.8. The first-order valence-electron chi connectivity index (χ1n) is 10.2. The molecular formula is C22H23F2N5O3S. The van der Waals surface area contributed by atoms with Crippen LogP contribution in [0.1, 0.15) is 6.42 Å². The predicted octanol–water partition coefficient (Wildman–Crippen LogP) is 3.19. The molecular weight excluding hydrogens is 452 g/mol. The molecule has 2 heterocycles. The van der Waals surface area contributed by atoms with Crippen LogP contribution in [0.15, 0.2) is 53.6 Å². The Kier molecular flexibility index (Phi) is 6.34. The third kappa shape index (κ3) is 4.99. The van der Waals surface area contributed by atoms with Crippen molar-refractivity contribution in [3.8, 4) is 17.0 Å². The minimum Gasteiger partial charge on any atom is -0.480 e. The van der Waals surface area contributed by atoms with E-state index in [1.807, 2.05) is 6.07 Å². The minimum absolute atomic E-state index is 0.00401. The predicted molar refractivity (Wildman–Crippen MR) is 123 cm³/mol. The number of hydrogen-bond donors (Lipinski definition) is 4. The second-order valence-corrected chi connectivity index (χ2v) is 9.25. The van der Waals surface area contributed by atoms with Gasteiger partial charge in [0.15, 0.2) is 0 Å². The summed E-state index contributed by atoms with van der Waals surface area (Å²) in [6.07, 6.45) is 2.50. The Hall–Kier alpha value is -3.44. The Labute approximate surface area is 190 Å². The molecule has 3 aromatic rings. The van der Waals surface area contributed by atoms with Crippen LogP contribution in [0.2, 0.25) is 0 Å². The van der Waals surface area contributed by atoms with Gasteiger partial charge in [-0.3, -0.25) is 4.72 Å². The van der Waals surface area contributed by atoms with E-state index in [4.69, 9.17) is 10.5 Å². The summed E-state index contributed by atoms with van der Waals surface area (Å²) in [4.78, 5) is 3.48. The molecule has 1 aliphatic heterocycles. The van der Waals surface area contributed by atoms with Gasteiger partial charge in [-0.25, -0.2) is 22.2 Å². The molecule has 1 fully saturated rings. The summed E-state index contributed by atoms with van der Waals surface area (Å²) >= 11 is 0. The summed E-state index contributed by atoms with van der Waals surface area (Å²) in [6, 6.07) is 9.40.